The van der Waals surface area contributed by atoms with Gasteiger partial charge in [-0.25, -0.2) is 0 Å². The van der Waals surface area contributed by atoms with Crippen molar-refractivity contribution in [1.29, 1.82) is 0 Å². The van der Waals surface area contributed by atoms with Crippen molar-refractivity contribution >= 4 is 34.5 Å². The van der Waals surface area contributed by atoms with Crippen LogP contribution in [0.1, 0.15) is 26.8 Å². The van der Waals surface area contributed by atoms with Gasteiger partial charge in [0.05, 0.1) is 18.0 Å². The van der Waals surface area contributed by atoms with E-state index in [1.54, 1.807) is 17.5 Å². The summed E-state index contributed by atoms with van der Waals surface area (Å²) >= 11 is 5.96. The Labute approximate surface area is 208 Å². The molecule has 3 N–H and O–H groups in total. The number of nitrogens with one attached hydrogen (secondary N) is 2. The lowest BCUT2D eigenvalue weighted by atomic mass is 9.78. The molecule has 0 bridgehead atoms. The van der Waals surface area contributed by atoms with Crippen LogP contribution in [0.15, 0.2) is 66.0 Å². The maximum Gasteiger partial charge on any atom is 0.437 e. The van der Waals surface area contributed by atoms with Crippen LogP contribution in [0.25, 0.3) is 0 Å². The van der Waals surface area contributed by atoms with Crippen LogP contribution in [0.3, 0.4) is 0 Å². The molecule has 1 aliphatic rings. The van der Waals surface area contributed by atoms with Gasteiger partial charge in [-0.3, -0.25) is 4.79 Å². The smallest absolute Gasteiger partial charge is 0.437 e. The SMILES string of the molecule is COc1cc([C@@H]2NC(=S)N[C@](O)(C(F)(F)F)[C@H]2C(=O)c2cccs2)ccc1OCc1ccccc1. The van der Waals surface area contributed by atoms with Crippen molar-refractivity contribution in [2.45, 2.75) is 24.6 Å². The molecule has 3 aromatic rings. The Kier molecular flexibility index (Phi) is 7.02. The van der Waals surface area contributed by atoms with E-state index in [0.29, 0.717) is 5.75 Å². The Hall–Kier alpha value is -3.15. The van der Waals surface area contributed by atoms with Crippen LogP contribution < -0.4 is 20.1 Å². The van der Waals surface area contributed by atoms with Crippen molar-refractivity contribution in [2.75, 3.05) is 7.11 Å². The first-order chi connectivity index (χ1) is 16.6. The van der Waals surface area contributed by atoms with Crippen LogP contribution in [0.4, 0.5) is 13.2 Å². The molecule has 184 valence electrons. The molecule has 0 spiro atoms. The van der Waals surface area contributed by atoms with Crippen LogP contribution in [0.5, 0.6) is 11.5 Å². The Balaban J connectivity index is 1.72. The second-order valence-corrected chi connectivity index (χ2v) is 9.20. The van der Waals surface area contributed by atoms with Gasteiger partial charge in [-0.15, -0.1) is 11.3 Å². The number of carbonyl (C=O) groups is 1. The standard InChI is InChI=1S/C24H21F3N2O4S2/c1-32-17-12-15(9-10-16(17)33-13-14-6-3-2-4-7-14)20-19(21(30)18-8-5-11-35-18)23(31,24(25,26)27)29-22(34)28-20/h2-12,19-20,31H,13H2,1H3,(H2,28,29,34)/t19-,20+,23-/m1/s1. The number of thiophene rings is 1. The summed E-state index contributed by atoms with van der Waals surface area (Å²) in [6.45, 7) is 0.250. The first-order valence-corrected chi connectivity index (χ1v) is 11.7. The Morgan fingerprint density at radius 3 is 2.51 bits per heavy atom. The van der Waals surface area contributed by atoms with Crippen molar-refractivity contribution in [3.05, 3.63) is 82.0 Å². The number of Topliss-reactive ketones (excluding diaryl/α,β-unsaturated/α-hetero) is 1. The van der Waals surface area contributed by atoms with E-state index in [2.05, 4.69) is 5.32 Å². The minimum absolute atomic E-state index is 0.0777. The average molecular weight is 523 g/mol. The van der Waals surface area contributed by atoms with Crippen LogP contribution >= 0.6 is 23.6 Å². The third-order valence-electron chi connectivity index (χ3n) is 5.64. The zero-order valence-corrected chi connectivity index (χ0v) is 20.0. The predicted octanol–water partition coefficient (Wildman–Crippen LogP) is 4.60. The van der Waals surface area contributed by atoms with Crippen molar-refractivity contribution in [3.8, 4) is 11.5 Å². The normalized spacial score (nSPS) is 22.1. The number of methoxy groups -OCH3 is 1. The molecule has 1 saturated heterocycles. The number of aliphatic hydroxyl groups is 1. The van der Waals surface area contributed by atoms with Crippen molar-refractivity contribution in [2.24, 2.45) is 5.92 Å². The van der Waals surface area contributed by atoms with Gasteiger partial charge in [0.25, 0.3) is 0 Å². The van der Waals surface area contributed by atoms with Crippen LogP contribution in [-0.4, -0.2) is 35.0 Å². The van der Waals surface area contributed by atoms with Gasteiger partial charge in [0.1, 0.15) is 12.5 Å². The third kappa shape index (κ3) is 4.97. The van der Waals surface area contributed by atoms with Crippen LogP contribution in [0.2, 0.25) is 0 Å². The van der Waals surface area contributed by atoms with E-state index >= 15 is 0 Å². The van der Waals surface area contributed by atoms with Crippen molar-refractivity contribution < 1.29 is 32.5 Å². The number of ether oxygens (including phenoxy) is 2. The molecule has 3 atom stereocenters. The number of halogens is 3. The Morgan fingerprint density at radius 2 is 1.89 bits per heavy atom. The van der Waals surface area contributed by atoms with Gasteiger partial charge in [-0.1, -0.05) is 42.5 Å². The van der Waals surface area contributed by atoms with Gasteiger partial charge in [-0.05, 0) is 46.9 Å². The van der Waals surface area contributed by atoms with E-state index in [1.165, 1.54) is 25.3 Å². The van der Waals surface area contributed by atoms with Gasteiger partial charge >= 0.3 is 6.18 Å². The number of thiocarbonyl (C=S) groups is 1. The summed E-state index contributed by atoms with van der Waals surface area (Å²) in [6.07, 6.45) is -5.20. The number of alkyl halides is 3. The fourth-order valence-electron chi connectivity index (χ4n) is 3.92. The van der Waals surface area contributed by atoms with Gasteiger partial charge in [0.15, 0.2) is 22.4 Å². The fourth-order valence-corrected chi connectivity index (χ4v) is 4.91. The highest BCUT2D eigenvalue weighted by Crippen LogP contribution is 2.45. The zero-order valence-electron chi connectivity index (χ0n) is 18.3. The van der Waals surface area contributed by atoms with E-state index in [-0.39, 0.29) is 22.8 Å². The van der Waals surface area contributed by atoms with Gasteiger partial charge < -0.3 is 25.2 Å². The molecule has 11 heteroatoms. The number of hydrogen-bond acceptors (Lipinski definition) is 6. The lowest BCUT2D eigenvalue weighted by Crippen LogP contribution is -2.72. The molecule has 6 nitrogen and oxygen atoms in total. The summed E-state index contributed by atoms with van der Waals surface area (Å²) < 4.78 is 53.6. The molecule has 1 aromatic heterocycles. The molecule has 2 aromatic carbocycles. The molecular formula is C24H21F3N2O4S2. The quantitative estimate of drug-likeness (QED) is 0.309. The summed E-state index contributed by atoms with van der Waals surface area (Å²) in [4.78, 5) is 13.3. The van der Waals surface area contributed by atoms with Gasteiger partial charge in [0.2, 0.25) is 5.72 Å². The number of carbonyl (C=O) groups excluding carboxylic acids is 1. The monoisotopic (exact) mass is 522 g/mol. The minimum atomic E-state index is -5.20. The first-order valence-electron chi connectivity index (χ1n) is 10.4. The molecule has 0 aliphatic carbocycles. The number of ketones is 1. The molecule has 1 aliphatic heterocycles. The van der Waals surface area contributed by atoms with E-state index in [1.807, 2.05) is 35.6 Å². The van der Waals surface area contributed by atoms with Gasteiger partial charge in [-0.2, -0.15) is 13.2 Å². The number of hydrogen-bond donors (Lipinski definition) is 3. The maximum atomic E-state index is 14.1. The van der Waals surface area contributed by atoms with Gasteiger partial charge in [0, 0.05) is 0 Å². The lowest BCUT2D eigenvalue weighted by Gasteiger charge is -2.46. The summed E-state index contributed by atoms with van der Waals surface area (Å²) in [5, 5.41) is 16.5. The van der Waals surface area contributed by atoms with Crippen LogP contribution in [0, 0.1) is 5.92 Å². The maximum absolute atomic E-state index is 14.1. The molecule has 1 fully saturated rings. The second-order valence-electron chi connectivity index (χ2n) is 7.84. The molecule has 4 rings (SSSR count). The average Bonchev–Trinajstić information content (AvgIpc) is 3.37. The molecule has 0 unspecified atom stereocenters. The highest BCUT2D eigenvalue weighted by molar-refractivity contribution is 7.80. The summed E-state index contributed by atoms with van der Waals surface area (Å²) in [5.41, 5.74) is -2.41. The highest BCUT2D eigenvalue weighted by atomic mass is 32.1. The Morgan fingerprint density at radius 1 is 1.14 bits per heavy atom. The lowest BCUT2D eigenvalue weighted by molar-refractivity contribution is -0.285. The fraction of sp³-hybridized carbons (Fsp3) is 0.250. The molecule has 0 amide bonds. The zero-order chi connectivity index (χ0) is 25.2. The number of benzene rings is 2. The Bertz CT molecular complexity index is 1210. The van der Waals surface area contributed by atoms with E-state index in [4.69, 9.17) is 21.7 Å². The largest absolute Gasteiger partial charge is 0.493 e. The van der Waals surface area contributed by atoms with E-state index in [0.717, 1.165) is 16.9 Å². The first kappa shape index (κ1) is 25.0. The third-order valence-corrected chi connectivity index (χ3v) is 6.74. The summed E-state index contributed by atoms with van der Waals surface area (Å²) in [7, 11) is 1.40. The minimum Gasteiger partial charge on any atom is -0.493 e. The molecule has 2 heterocycles. The highest BCUT2D eigenvalue weighted by Gasteiger charge is 2.65. The van der Waals surface area contributed by atoms with E-state index in [9.17, 15) is 23.1 Å². The molecule has 35 heavy (non-hydrogen) atoms. The molecule has 0 radical (unpaired) electrons. The van der Waals surface area contributed by atoms with Crippen molar-refractivity contribution in [3.63, 3.8) is 0 Å². The summed E-state index contributed by atoms with van der Waals surface area (Å²) in [6, 6.07) is 15.6. The van der Waals surface area contributed by atoms with E-state index < -0.39 is 34.8 Å². The van der Waals surface area contributed by atoms with Crippen molar-refractivity contribution in [1.82, 2.24) is 10.6 Å². The van der Waals surface area contributed by atoms with Crippen LogP contribution in [-0.2, 0) is 6.61 Å². The number of rotatable bonds is 7. The molecular weight excluding hydrogens is 501 g/mol. The predicted molar refractivity (Wildman–Crippen MR) is 129 cm³/mol. The summed E-state index contributed by atoms with van der Waals surface area (Å²) in [5.74, 6) is -2.24. The second kappa shape index (κ2) is 9.84. The topological polar surface area (TPSA) is 79.8 Å². The molecule has 0 saturated carbocycles.